The number of hydrogen-bond acceptors (Lipinski definition) is 3. The molecule has 1 aliphatic heterocycles. The van der Waals surface area contributed by atoms with E-state index in [0.717, 1.165) is 50.3 Å². The van der Waals surface area contributed by atoms with Gasteiger partial charge in [0.2, 0.25) is 0 Å². The van der Waals surface area contributed by atoms with E-state index in [9.17, 15) is 4.79 Å². The third-order valence-corrected chi connectivity index (χ3v) is 4.22. The summed E-state index contributed by atoms with van der Waals surface area (Å²) in [5, 5.41) is 3.36. The number of aryl methyl sites for hydroxylation is 1. The number of hydrogen-bond donors (Lipinski definition) is 1. The summed E-state index contributed by atoms with van der Waals surface area (Å²) in [5.41, 5.74) is 2.58. The van der Waals surface area contributed by atoms with E-state index in [0.29, 0.717) is 11.5 Å². The molecule has 1 unspecified atom stereocenters. The van der Waals surface area contributed by atoms with E-state index in [1.165, 1.54) is 6.42 Å². The first-order valence-corrected chi connectivity index (χ1v) is 8.15. The van der Waals surface area contributed by atoms with Gasteiger partial charge < -0.3 is 10.2 Å². The summed E-state index contributed by atoms with van der Waals surface area (Å²) in [7, 11) is 0. The van der Waals surface area contributed by atoms with Crippen molar-refractivity contribution in [3.05, 3.63) is 23.5 Å². The topological polar surface area (TPSA) is 45.2 Å². The summed E-state index contributed by atoms with van der Waals surface area (Å²) in [6, 6.07) is 1.98. The van der Waals surface area contributed by atoms with Gasteiger partial charge in [0.1, 0.15) is 0 Å². The summed E-state index contributed by atoms with van der Waals surface area (Å²) in [6.07, 6.45) is 6.27. The Morgan fingerprint density at radius 3 is 3.00 bits per heavy atom. The number of nitrogens with one attached hydrogen (secondary N) is 1. The number of likely N-dealkylation sites (tertiary alicyclic amines) is 1. The van der Waals surface area contributed by atoms with Crippen LogP contribution in [0.5, 0.6) is 0 Å². The van der Waals surface area contributed by atoms with Crippen molar-refractivity contribution in [2.24, 2.45) is 5.92 Å². The lowest BCUT2D eigenvalue weighted by Crippen LogP contribution is -2.40. The number of piperidine rings is 1. The van der Waals surface area contributed by atoms with Crippen LogP contribution in [0.1, 0.15) is 55.6 Å². The Kier molecular flexibility index (Phi) is 5.59. The van der Waals surface area contributed by atoms with E-state index in [4.69, 9.17) is 0 Å². The minimum atomic E-state index is 0.124. The number of amides is 1. The Morgan fingerprint density at radius 1 is 1.48 bits per heavy atom. The van der Waals surface area contributed by atoms with E-state index in [1.54, 1.807) is 6.20 Å². The SMILES string of the molecule is CCCNc1cc(C)ncc1C(=O)N1CCCC(CC)C1. The molecule has 1 aliphatic rings. The average Bonchev–Trinajstić information content (AvgIpc) is 2.52. The highest BCUT2D eigenvalue weighted by Gasteiger charge is 2.25. The number of nitrogens with zero attached hydrogens (tertiary/aromatic N) is 2. The van der Waals surface area contributed by atoms with Crippen molar-refractivity contribution in [2.45, 2.75) is 46.5 Å². The summed E-state index contributed by atoms with van der Waals surface area (Å²) < 4.78 is 0. The van der Waals surface area contributed by atoms with Crippen LogP contribution >= 0.6 is 0 Å². The van der Waals surface area contributed by atoms with Crippen molar-refractivity contribution < 1.29 is 4.79 Å². The molecule has 0 spiro atoms. The number of aromatic nitrogens is 1. The maximum Gasteiger partial charge on any atom is 0.257 e. The Labute approximate surface area is 127 Å². The molecular formula is C17H27N3O. The molecular weight excluding hydrogens is 262 g/mol. The molecule has 1 fully saturated rings. The second-order valence-electron chi connectivity index (χ2n) is 5.97. The van der Waals surface area contributed by atoms with Gasteiger partial charge >= 0.3 is 0 Å². The number of carbonyl (C=O) groups is 1. The molecule has 2 rings (SSSR count). The van der Waals surface area contributed by atoms with Crippen molar-refractivity contribution in [3.8, 4) is 0 Å². The van der Waals surface area contributed by atoms with Crippen LogP contribution in [0, 0.1) is 12.8 Å². The Balaban J connectivity index is 2.17. The molecule has 4 heteroatoms. The molecule has 116 valence electrons. The maximum atomic E-state index is 12.8. The standard InChI is InChI=1S/C17H27N3O/c1-4-8-18-16-10-13(3)19-11-15(16)17(21)20-9-6-7-14(5-2)12-20/h10-11,14H,4-9,12H2,1-3H3,(H,18,19). The monoisotopic (exact) mass is 289 g/mol. The van der Waals surface area contributed by atoms with Crippen LogP contribution in [0.2, 0.25) is 0 Å². The minimum absolute atomic E-state index is 0.124. The lowest BCUT2D eigenvalue weighted by Gasteiger charge is -2.32. The van der Waals surface area contributed by atoms with E-state index in [1.807, 2.05) is 17.9 Å². The molecule has 1 N–H and O–H groups in total. The Morgan fingerprint density at radius 2 is 2.29 bits per heavy atom. The van der Waals surface area contributed by atoms with Gasteiger partial charge in [-0.15, -0.1) is 0 Å². The second-order valence-corrected chi connectivity index (χ2v) is 5.97. The van der Waals surface area contributed by atoms with Crippen molar-refractivity contribution in [2.75, 3.05) is 25.0 Å². The van der Waals surface area contributed by atoms with Crippen LogP contribution in [-0.2, 0) is 0 Å². The molecule has 2 heterocycles. The molecule has 1 amide bonds. The van der Waals surface area contributed by atoms with Crippen molar-refractivity contribution in [1.29, 1.82) is 0 Å². The predicted octanol–water partition coefficient (Wildman–Crippen LogP) is 3.47. The van der Waals surface area contributed by atoms with Crippen LogP contribution in [0.25, 0.3) is 0 Å². The lowest BCUT2D eigenvalue weighted by atomic mass is 9.95. The maximum absolute atomic E-state index is 12.8. The predicted molar refractivity (Wildman–Crippen MR) is 86.7 cm³/mol. The first-order valence-electron chi connectivity index (χ1n) is 8.15. The van der Waals surface area contributed by atoms with Crippen LogP contribution in [0.3, 0.4) is 0 Å². The van der Waals surface area contributed by atoms with Gasteiger partial charge in [0, 0.05) is 31.5 Å². The molecule has 0 saturated carbocycles. The first-order chi connectivity index (χ1) is 10.2. The molecule has 1 aromatic rings. The van der Waals surface area contributed by atoms with E-state index >= 15 is 0 Å². The third-order valence-electron chi connectivity index (χ3n) is 4.22. The van der Waals surface area contributed by atoms with E-state index in [-0.39, 0.29) is 5.91 Å². The number of anilines is 1. The van der Waals surface area contributed by atoms with Crippen LogP contribution in [-0.4, -0.2) is 35.4 Å². The van der Waals surface area contributed by atoms with E-state index < -0.39 is 0 Å². The highest BCUT2D eigenvalue weighted by molar-refractivity contribution is 5.99. The van der Waals surface area contributed by atoms with Crippen molar-refractivity contribution in [1.82, 2.24) is 9.88 Å². The van der Waals surface area contributed by atoms with Crippen molar-refractivity contribution in [3.63, 3.8) is 0 Å². The fraction of sp³-hybridized carbons (Fsp3) is 0.647. The molecule has 0 aromatic carbocycles. The summed E-state index contributed by atoms with van der Waals surface area (Å²) >= 11 is 0. The van der Waals surface area contributed by atoms with Gasteiger partial charge in [-0.25, -0.2) is 0 Å². The highest BCUT2D eigenvalue weighted by Crippen LogP contribution is 2.23. The molecule has 0 radical (unpaired) electrons. The van der Waals surface area contributed by atoms with Gasteiger partial charge in [0.15, 0.2) is 0 Å². The van der Waals surface area contributed by atoms with Gasteiger partial charge in [0.25, 0.3) is 5.91 Å². The summed E-state index contributed by atoms with van der Waals surface area (Å²) in [5.74, 6) is 0.771. The molecule has 4 nitrogen and oxygen atoms in total. The van der Waals surface area contributed by atoms with Gasteiger partial charge in [-0.1, -0.05) is 20.3 Å². The number of carbonyl (C=O) groups excluding carboxylic acids is 1. The summed E-state index contributed by atoms with van der Waals surface area (Å²) in [6.45, 7) is 8.92. The van der Waals surface area contributed by atoms with Crippen LogP contribution in [0.15, 0.2) is 12.3 Å². The number of rotatable bonds is 5. The normalized spacial score (nSPS) is 18.6. The zero-order valence-electron chi connectivity index (χ0n) is 13.5. The molecule has 0 bridgehead atoms. The zero-order valence-corrected chi connectivity index (χ0v) is 13.5. The van der Waals surface area contributed by atoms with Crippen molar-refractivity contribution >= 4 is 11.6 Å². The molecule has 0 aliphatic carbocycles. The molecule has 1 atom stereocenters. The second kappa shape index (κ2) is 7.43. The minimum Gasteiger partial charge on any atom is -0.384 e. The van der Waals surface area contributed by atoms with Gasteiger partial charge in [0.05, 0.1) is 11.3 Å². The Bertz CT molecular complexity index is 487. The highest BCUT2D eigenvalue weighted by atomic mass is 16.2. The van der Waals surface area contributed by atoms with Gasteiger partial charge in [-0.2, -0.15) is 0 Å². The fourth-order valence-corrected chi connectivity index (χ4v) is 2.89. The van der Waals surface area contributed by atoms with E-state index in [2.05, 4.69) is 24.1 Å². The van der Waals surface area contributed by atoms with Gasteiger partial charge in [-0.05, 0) is 38.2 Å². The average molecular weight is 289 g/mol. The quantitative estimate of drug-likeness (QED) is 0.902. The molecule has 21 heavy (non-hydrogen) atoms. The Hall–Kier alpha value is -1.58. The first kappa shape index (κ1) is 15.8. The van der Waals surface area contributed by atoms with Crippen LogP contribution in [0.4, 0.5) is 5.69 Å². The zero-order chi connectivity index (χ0) is 15.2. The lowest BCUT2D eigenvalue weighted by molar-refractivity contribution is 0.0672. The fourth-order valence-electron chi connectivity index (χ4n) is 2.89. The number of pyridine rings is 1. The molecule has 1 aromatic heterocycles. The van der Waals surface area contributed by atoms with Gasteiger partial charge in [-0.3, -0.25) is 9.78 Å². The largest absolute Gasteiger partial charge is 0.384 e. The van der Waals surface area contributed by atoms with Crippen LogP contribution < -0.4 is 5.32 Å². The summed E-state index contributed by atoms with van der Waals surface area (Å²) in [4.78, 5) is 19.1. The molecule has 1 saturated heterocycles. The third kappa shape index (κ3) is 3.96. The smallest absolute Gasteiger partial charge is 0.257 e.